The molecule has 2 aliphatic heterocycles. The van der Waals surface area contributed by atoms with Crippen LogP contribution in [0.3, 0.4) is 0 Å². The first-order chi connectivity index (χ1) is 16.3. The molecule has 0 spiro atoms. The van der Waals surface area contributed by atoms with E-state index in [-0.39, 0.29) is 24.5 Å². The molecule has 0 saturated carbocycles. The Kier molecular flexibility index (Phi) is 8.72. The molecule has 0 aromatic heterocycles. The average molecular weight is 471 g/mol. The lowest BCUT2D eigenvalue weighted by Gasteiger charge is -2.38. The monoisotopic (exact) mass is 470 g/mol. The Hall–Kier alpha value is -2.87. The van der Waals surface area contributed by atoms with Gasteiger partial charge in [-0.15, -0.1) is 0 Å². The fraction of sp³-hybridized carbons (Fsp3) is 0.577. The van der Waals surface area contributed by atoms with E-state index in [0.29, 0.717) is 37.4 Å². The Labute approximate surface area is 202 Å². The van der Waals surface area contributed by atoms with E-state index in [2.05, 4.69) is 10.2 Å². The van der Waals surface area contributed by atoms with Gasteiger partial charge in [-0.25, -0.2) is 9.59 Å². The summed E-state index contributed by atoms with van der Waals surface area (Å²) in [5, 5.41) is 3.02. The molecular weight excluding hydrogens is 432 g/mol. The van der Waals surface area contributed by atoms with Crippen LogP contribution in [0.15, 0.2) is 35.5 Å². The van der Waals surface area contributed by atoms with Crippen LogP contribution in [0.1, 0.15) is 51.3 Å². The van der Waals surface area contributed by atoms with Gasteiger partial charge in [-0.2, -0.15) is 0 Å². The van der Waals surface area contributed by atoms with Crippen LogP contribution in [-0.2, 0) is 14.3 Å². The number of nitrogens with zero attached hydrogens (tertiary/aromatic N) is 3. The van der Waals surface area contributed by atoms with Crippen molar-refractivity contribution in [3.05, 3.63) is 46.7 Å². The first kappa shape index (κ1) is 25.7. The van der Waals surface area contributed by atoms with Gasteiger partial charge in [0.25, 0.3) is 0 Å². The molecule has 1 unspecified atom stereocenters. The SMILES string of the molecule is CCOC(=O)C1=C(CN2CCCN(C(=O)C(C)C)CC2)N(CC)C(=O)NC1c1cccc(C)c1. The number of ether oxygens (including phenoxy) is 1. The number of amides is 3. The molecule has 1 aromatic carbocycles. The molecule has 34 heavy (non-hydrogen) atoms. The van der Waals surface area contributed by atoms with Gasteiger partial charge in [0, 0.05) is 50.9 Å². The Morgan fingerprint density at radius 2 is 1.91 bits per heavy atom. The normalized spacial score (nSPS) is 19.8. The van der Waals surface area contributed by atoms with Crippen molar-refractivity contribution in [3.8, 4) is 0 Å². The molecule has 0 radical (unpaired) electrons. The number of esters is 1. The third-order valence-corrected chi connectivity index (χ3v) is 6.39. The van der Waals surface area contributed by atoms with Gasteiger partial charge >= 0.3 is 12.0 Å². The van der Waals surface area contributed by atoms with Gasteiger partial charge in [0.2, 0.25) is 5.91 Å². The fourth-order valence-electron chi connectivity index (χ4n) is 4.68. The van der Waals surface area contributed by atoms with E-state index in [0.717, 1.165) is 30.6 Å². The molecule has 8 nitrogen and oxygen atoms in total. The van der Waals surface area contributed by atoms with Crippen molar-refractivity contribution >= 4 is 17.9 Å². The molecule has 3 amide bonds. The average Bonchev–Trinajstić information content (AvgIpc) is 3.04. The Balaban J connectivity index is 1.97. The largest absolute Gasteiger partial charge is 0.463 e. The highest BCUT2D eigenvalue weighted by Gasteiger charge is 2.38. The number of nitrogens with one attached hydrogen (secondary N) is 1. The molecule has 8 heteroatoms. The molecule has 1 atom stereocenters. The summed E-state index contributed by atoms with van der Waals surface area (Å²) in [6.07, 6.45) is 0.847. The molecular formula is C26H38N4O4. The zero-order valence-corrected chi connectivity index (χ0v) is 21.1. The summed E-state index contributed by atoms with van der Waals surface area (Å²) in [6.45, 7) is 13.5. The number of urea groups is 1. The molecule has 2 aliphatic rings. The number of rotatable bonds is 7. The number of carbonyl (C=O) groups excluding carboxylic acids is 3. The standard InChI is InChI=1S/C26H38N4O4/c1-6-30-21(17-28-12-9-13-29(15-14-28)24(31)18(3)4)22(25(32)34-7-2)23(27-26(30)33)20-11-8-10-19(5)16-20/h8,10-11,16,18,23H,6-7,9,12-15,17H2,1-5H3,(H,27,33). The van der Waals surface area contributed by atoms with E-state index in [1.807, 2.05) is 56.9 Å². The van der Waals surface area contributed by atoms with Gasteiger partial charge in [-0.05, 0) is 32.8 Å². The van der Waals surface area contributed by atoms with Crippen molar-refractivity contribution in [2.24, 2.45) is 5.92 Å². The van der Waals surface area contributed by atoms with E-state index < -0.39 is 12.0 Å². The zero-order chi connectivity index (χ0) is 24.8. The van der Waals surface area contributed by atoms with E-state index in [1.165, 1.54) is 0 Å². The van der Waals surface area contributed by atoms with Crippen molar-refractivity contribution < 1.29 is 19.1 Å². The smallest absolute Gasteiger partial charge is 0.338 e. The van der Waals surface area contributed by atoms with E-state index >= 15 is 0 Å². The van der Waals surface area contributed by atoms with Gasteiger partial charge in [0.05, 0.1) is 18.2 Å². The summed E-state index contributed by atoms with van der Waals surface area (Å²) >= 11 is 0. The van der Waals surface area contributed by atoms with Crippen LogP contribution in [-0.4, -0.2) is 78.5 Å². The number of benzene rings is 1. The third-order valence-electron chi connectivity index (χ3n) is 6.39. The molecule has 186 valence electrons. The first-order valence-corrected chi connectivity index (χ1v) is 12.3. The Morgan fingerprint density at radius 1 is 1.15 bits per heavy atom. The van der Waals surface area contributed by atoms with Crippen LogP contribution >= 0.6 is 0 Å². The highest BCUT2D eigenvalue weighted by atomic mass is 16.5. The second-order valence-corrected chi connectivity index (χ2v) is 9.23. The number of carbonyl (C=O) groups is 3. The van der Waals surface area contributed by atoms with Gasteiger partial charge in [0.1, 0.15) is 0 Å². The van der Waals surface area contributed by atoms with E-state index in [9.17, 15) is 14.4 Å². The van der Waals surface area contributed by atoms with E-state index in [4.69, 9.17) is 4.74 Å². The van der Waals surface area contributed by atoms with Crippen molar-refractivity contribution in [1.29, 1.82) is 0 Å². The summed E-state index contributed by atoms with van der Waals surface area (Å²) in [6, 6.07) is 7.05. The Morgan fingerprint density at radius 3 is 2.56 bits per heavy atom. The fourth-order valence-corrected chi connectivity index (χ4v) is 4.68. The van der Waals surface area contributed by atoms with Crippen LogP contribution in [0.2, 0.25) is 0 Å². The number of hydrogen-bond acceptors (Lipinski definition) is 5. The molecule has 1 N–H and O–H groups in total. The minimum atomic E-state index is -0.574. The number of aryl methyl sites for hydroxylation is 1. The quantitative estimate of drug-likeness (QED) is 0.620. The van der Waals surface area contributed by atoms with Gasteiger partial charge in [0.15, 0.2) is 0 Å². The third kappa shape index (κ3) is 5.78. The topological polar surface area (TPSA) is 82.2 Å². The van der Waals surface area contributed by atoms with Crippen LogP contribution in [0.5, 0.6) is 0 Å². The second kappa shape index (κ2) is 11.5. The van der Waals surface area contributed by atoms with Crippen LogP contribution in [0.25, 0.3) is 0 Å². The van der Waals surface area contributed by atoms with Crippen LogP contribution in [0, 0.1) is 12.8 Å². The molecule has 1 fully saturated rings. The number of likely N-dealkylation sites (N-methyl/N-ethyl adjacent to an activating group) is 1. The lowest BCUT2D eigenvalue weighted by Crippen LogP contribution is -2.51. The maximum absolute atomic E-state index is 13.2. The van der Waals surface area contributed by atoms with Gasteiger partial charge in [-0.3, -0.25) is 14.6 Å². The van der Waals surface area contributed by atoms with Crippen LogP contribution in [0.4, 0.5) is 4.79 Å². The predicted octanol–water partition coefficient (Wildman–Crippen LogP) is 3.09. The summed E-state index contributed by atoms with van der Waals surface area (Å²) in [7, 11) is 0. The highest BCUT2D eigenvalue weighted by molar-refractivity contribution is 5.95. The Bertz CT molecular complexity index is 942. The van der Waals surface area contributed by atoms with Crippen molar-refractivity contribution in [3.63, 3.8) is 0 Å². The van der Waals surface area contributed by atoms with Gasteiger partial charge < -0.3 is 15.0 Å². The molecule has 2 heterocycles. The van der Waals surface area contributed by atoms with Crippen molar-refractivity contribution in [1.82, 2.24) is 20.0 Å². The molecule has 3 rings (SSSR count). The van der Waals surface area contributed by atoms with Crippen molar-refractivity contribution in [2.75, 3.05) is 45.9 Å². The maximum Gasteiger partial charge on any atom is 0.338 e. The predicted molar refractivity (Wildman–Crippen MR) is 131 cm³/mol. The van der Waals surface area contributed by atoms with Gasteiger partial charge in [-0.1, -0.05) is 43.7 Å². The lowest BCUT2D eigenvalue weighted by atomic mass is 9.93. The summed E-state index contributed by atoms with van der Waals surface area (Å²) < 4.78 is 5.46. The highest BCUT2D eigenvalue weighted by Crippen LogP contribution is 2.32. The maximum atomic E-state index is 13.2. The number of hydrogen-bond donors (Lipinski definition) is 1. The van der Waals surface area contributed by atoms with Crippen molar-refractivity contribution in [2.45, 2.75) is 47.1 Å². The second-order valence-electron chi connectivity index (χ2n) is 9.23. The lowest BCUT2D eigenvalue weighted by molar-refractivity contribution is -0.139. The summed E-state index contributed by atoms with van der Waals surface area (Å²) in [5.74, 6) is -0.272. The molecule has 0 bridgehead atoms. The summed E-state index contributed by atoms with van der Waals surface area (Å²) in [5.41, 5.74) is 3.07. The first-order valence-electron chi connectivity index (χ1n) is 12.3. The molecule has 1 saturated heterocycles. The zero-order valence-electron chi connectivity index (χ0n) is 21.1. The molecule has 0 aliphatic carbocycles. The van der Waals surface area contributed by atoms with Crippen LogP contribution < -0.4 is 5.32 Å². The minimum Gasteiger partial charge on any atom is -0.463 e. The minimum absolute atomic E-state index is 0.0302. The summed E-state index contributed by atoms with van der Waals surface area (Å²) in [4.78, 5) is 44.7. The van der Waals surface area contributed by atoms with E-state index in [1.54, 1.807) is 11.8 Å². The molecule has 1 aromatic rings.